The zero-order valence-corrected chi connectivity index (χ0v) is 12.5. The van der Waals surface area contributed by atoms with Crippen molar-refractivity contribution in [2.45, 2.75) is 20.1 Å². The first kappa shape index (κ1) is 14.2. The number of nitrogens with zero attached hydrogens (tertiary/aromatic N) is 3. The lowest BCUT2D eigenvalue weighted by Crippen LogP contribution is -2.10. The van der Waals surface area contributed by atoms with Crippen molar-refractivity contribution in [2.75, 3.05) is 13.7 Å². The maximum absolute atomic E-state index is 9.33. The van der Waals surface area contributed by atoms with E-state index in [9.17, 15) is 5.11 Å². The van der Waals surface area contributed by atoms with Crippen molar-refractivity contribution >= 4 is 15.9 Å². The minimum absolute atomic E-state index is 0.135. The van der Waals surface area contributed by atoms with Crippen LogP contribution in [0.4, 0.5) is 0 Å². The number of ether oxygens (including phenoxy) is 1. The summed E-state index contributed by atoms with van der Waals surface area (Å²) in [5.41, 5.74) is 2.09. The number of hydrogen-bond donors (Lipinski definition) is 1. The Morgan fingerprint density at radius 3 is 2.84 bits per heavy atom. The van der Waals surface area contributed by atoms with Crippen molar-refractivity contribution in [3.63, 3.8) is 0 Å². The Morgan fingerprint density at radius 1 is 1.37 bits per heavy atom. The molecule has 0 spiro atoms. The minimum atomic E-state index is -0.135. The van der Waals surface area contributed by atoms with E-state index < -0.39 is 0 Å². The molecule has 0 bridgehead atoms. The summed E-state index contributed by atoms with van der Waals surface area (Å²) in [6.07, 6.45) is 0. The van der Waals surface area contributed by atoms with E-state index in [0.29, 0.717) is 19.0 Å². The molecule has 5 nitrogen and oxygen atoms in total. The molecule has 0 saturated carbocycles. The molecule has 0 aliphatic rings. The average molecular weight is 326 g/mol. The Hall–Kier alpha value is -1.24. The van der Waals surface area contributed by atoms with Crippen LogP contribution in [0.15, 0.2) is 22.7 Å². The maximum atomic E-state index is 9.33. The summed E-state index contributed by atoms with van der Waals surface area (Å²) >= 11 is 3.51. The molecule has 1 heterocycles. The number of aliphatic hydroxyl groups is 1. The van der Waals surface area contributed by atoms with Crippen LogP contribution in [-0.4, -0.2) is 33.6 Å². The lowest BCUT2D eigenvalue weighted by atomic mass is 10.1. The third kappa shape index (κ3) is 2.86. The van der Waals surface area contributed by atoms with Crippen molar-refractivity contribution in [1.82, 2.24) is 14.8 Å². The van der Waals surface area contributed by atoms with Gasteiger partial charge in [0.2, 0.25) is 0 Å². The van der Waals surface area contributed by atoms with Gasteiger partial charge in [-0.3, -0.25) is 0 Å². The molecule has 0 radical (unpaired) electrons. The molecule has 1 aromatic carbocycles. The Bertz CT molecular complexity index is 569. The minimum Gasteiger partial charge on any atom is -0.388 e. The number of aromatic nitrogens is 3. The Balaban J connectivity index is 2.49. The fourth-order valence-electron chi connectivity index (χ4n) is 1.92. The SMILES string of the molecule is COCCn1c(CO)nnc1-c1cccc(Br)c1C. The van der Waals surface area contributed by atoms with Crippen molar-refractivity contribution in [2.24, 2.45) is 0 Å². The van der Waals surface area contributed by atoms with E-state index in [4.69, 9.17) is 4.74 Å². The van der Waals surface area contributed by atoms with E-state index in [0.717, 1.165) is 21.4 Å². The predicted molar refractivity (Wildman–Crippen MR) is 75.7 cm³/mol. The number of methoxy groups -OCH3 is 1. The van der Waals surface area contributed by atoms with E-state index in [1.54, 1.807) is 7.11 Å². The van der Waals surface area contributed by atoms with Gasteiger partial charge < -0.3 is 14.4 Å². The number of hydrogen-bond acceptors (Lipinski definition) is 4. The highest BCUT2D eigenvalue weighted by Gasteiger charge is 2.15. The van der Waals surface area contributed by atoms with Crippen LogP contribution in [0.1, 0.15) is 11.4 Å². The van der Waals surface area contributed by atoms with Crippen LogP contribution >= 0.6 is 15.9 Å². The monoisotopic (exact) mass is 325 g/mol. The first-order chi connectivity index (χ1) is 9.19. The Labute approximate surface area is 120 Å². The topological polar surface area (TPSA) is 60.2 Å². The van der Waals surface area contributed by atoms with E-state index in [1.165, 1.54) is 0 Å². The lowest BCUT2D eigenvalue weighted by molar-refractivity contribution is 0.183. The normalized spacial score (nSPS) is 10.9. The molecular weight excluding hydrogens is 310 g/mol. The molecule has 19 heavy (non-hydrogen) atoms. The zero-order chi connectivity index (χ0) is 13.8. The van der Waals surface area contributed by atoms with Crippen LogP contribution in [0.5, 0.6) is 0 Å². The molecular formula is C13H16BrN3O2. The van der Waals surface area contributed by atoms with Gasteiger partial charge in [-0.2, -0.15) is 0 Å². The van der Waals surface area contributed by atoms with Crippen molar-refractivity contribution in [1.29, 1.82) is 0 Å². The molecule has 1 aromatic heterocycles. The smallest absolute Gasteiger partial charge is 0.164 e. The van der Waals surface area contributed by atoms with Gasteiger partial charge >= 0.3 is 0 Å². The number of halogens is 1. The van der Waals surface area contributed by atoms with Gasteiger partial charge in [0.15, 0.2) is 11.6 Å². The Kier molecular flexibility index (Phi) is 4.68. The third-order valence-corrected chi connectivity index (χ3v) is 3.86. The van der Waals surface area contributed by atoms with Crippen LogP contribution in [0.25, 0.3) is 11.4 Å². The summed E-state index contributed by atoms with van der Waals surface area (Å²) in [6.45, 7) is 3.04. The summed E-state index contributed by atoms with van der Waals surface area (Å²) in [5.74, 6) is 1.30. The molecule has 0 atom stereocenters. The molecule has 0 unspecified atom stereocenters. The first-order valence-electron chi connectivity index (χ1n) is 5.96. The molecule has 6 heteroatoms. The highest BCUT2D eigenvalue weighted by atomic mass is 79.9. The third-order valence-electron chi connectivity index (χ3n) is 3.00. The number of rotatable bonds is 5. The lowest BCUT2D eigenvalue weighted by Gasteiger charge is -2.11. The fourth-order valence-corrected chi connectivity index (χ4v) is 2.28. The molecule has 1 N–H and O–H groups in total. The summed E-state index contributed by atoms with van der Waals surface area (Å²) in [5, 5.41) is 17.5. The molecule has 0 amide bonds. The quantitative estimate of drug-likeness (QED) is 0.915. The van der Waals surface area contributed by atoms with Gasteiger partial charge in [-0.15, -0.1) is 10.2 Å². The molecule has 0 saturated heterocycles. The van der Waals surface area contributed by atoms with E-state index in [-0.39, 0.29) is 6.61 Å². The summed E-state index contributed by atoms with van der Waals surface area (Å²) in [6, 6.07) is 5.94. The van der Waals surface area contributed by atoms with Gasteiger partial charge in [-0.05, 0) is 18.6 Å². The summed E-state index contributed by atoms with van der Waals surface area (Å²) < 4.78 is 8.00. The van der Waals surface area contributed by atoms with Crippen LogP contribution in [0.3, 0.4) is 0 Å². The molecule has 2 aromatic rings. The maximum Gasteiger partial charge on any atom is 0.164 e. The van der Waals surface area contributed by atoms with Gasteiger partial charge in [0.1, 0.15) is 6.61 Å². The molecule has 102 valence electrons. The summed E-state index contributed by atoms with van der Waals surface area (Å²) in [4.78, 5) is 0. The second kappa shape index (κ2) is 6.27. The fraction of sp³-hybridized carbons (Fsp3) is 0.385. The molecule has 0 aliphatic carbocycles. The molecule has 0 fully saturated rings. The van der Waals surface area contributed by atoms with Gasteiger partial charge in [0, 0.05) is 23.7 Å². The number of benzene rings is 1. The second-order valence-electron chi connectivity index (χ2n) is 4.15. The van der Waals surface area contributed by atoms with Crippen molar-refractivity contribution in [3.8, 4) is 11.4 Å². The molecule has 2 rings (SSSR count). The van der Waals surface area contributed by atoms with Crippen molar-refractivity contribution in [3.05, 3.63) is 34.1 Å². The highest BCUT2D eigenvalue weighted by molar-refractivity contribution is 9.10. The van der Waals surface area contributed by atoms with E-state index >= 15 is 0 Å². The average Bonchev–Trinajstić information content (AvgIpc) is 2.82. The van der Waals surface area contributed by atoms with E-state index in [2.05, 4.69) is 26.1 Å². The highest BCUT2D eigenvalue weighted by Crippen LogP contribution is 2.27. The molecule has 0 aliphatic heterocycles. The Morgan fingerprint density at radius 2 is 2.16 bits per heavy atom. The van der Waals surface area contributed by atoms with Gasteiger partial charge in [0.05, 0.1) is 6.61 Å². The summed E-state index contributed by atoms with van der Waals surface area (Å²) in [7, 11) is 1.65. The standard InChI is InChI=1S/C13H16BrN3O2/c1-9-10(4-3-5-11(9)14)13-16-15-12(8-18)17(13)6-7-19-2/h3-5,18H,6-8H2,1-2H3. The largest absolute Gasteiger partial charge is 0.388 e. The van der Waals surface area contributed by atoms with Gasteiger partial charge in [0.25, 0.3) is 0 Å². The van der Waals surface area contributed by atoms with Gasteiger partial charge in [-0.25, -0.2) is 0 Å². The van der Waals surface area contributed by atoms with Gasteiger partial charge in [-0.1, -0.05) is 28.1 Å². The van der Waals surface area contributed by atoms with Crippen LogP contribution < -0.4 is 0 Å². The van der Waals surface area contributed by atoms with Crippen LogP contribution in [0, 0.1) is 6.92 Å². The zero-order valence-electron chi connectivity index (χ0n) is 10.9. The number of aliphatic hydroxyl groups excluding tert-OH is 1. The first-order valence-corrected chi connectivity index (χ1v) is 6.75. The van der Waals surface area contributed by atoms with Crippen LogP contribution in [-0.2, 0) is 17.9 Å². The van der Waals surface area contributed by atoms with Crippen molar-refractivity contribution < 1.29 is 9.84 Å². The second-order valence-corrected chi connectivity index (χ2v) is 5.01. The van der Waals surface area contributed by atoms with Crippen LogP contribution in [0.2, 0.25) is 0 Å². The van der Waals surface area contributed by atoms with E-state index in [1.807, 2.05) is 29.7 Å². The predicted octanol–water partition coefficient (Wildman–Crippen LogP) is 2.15.